The number of hydrogen-bond donors (Lipinski definition) is 0. The van der Waals surface area contributed by atoms with Crippen LogP contribution < -0.4 is 0 Å². The van der Waals surface area contributed by atoms with Crippen molar-refractivity contribution in [3.63, 3.8) is 0 Å². The van der Waals surface area contributed by atoms with E-state index >= 15 is 0 Å². The molecule has 136 valence electrons. The fourth-order valence-electron chi connectivity index (χ4n) is 3.32. The summed E-state index contributed by atoms with van der Waals surface area (Å²) < 4.78 is 15.2. The van der Waals surface area contributed by atoms with Crippen LogP contribution in [0.2, 0.25) is 5.02 Å². The highest BCUT2D eigenvalue weighted by Crippen LogP contribution is 2.38. The molecule has 1 aliphatic carbocycles. The summed E-state index contributed by atoms with van der Waals surface area (Å²) in [6.45, 7) is 2.32. The summed E-state index contributed by atoms with van der Waals surface area (Å²) in [7, 11) is 2.00. The smallest absolute Gasteiger partial charge is 0.191 e. The van der Waals surface area contributed by atoms with Crippen molar-refractivity contribution in [2.45, 2.75) is 37.1 Å². The van der Waals surface area contributed by atoms with Gasteiger partial charge in [-0.2, -0.15) is 0 Å². The van der Waals surface area contributed by atoms with E-state index in [0.717, 1.165) is 28.9 Å². The second-order valence-corrected chi connectivity index (χ2v) is 9.10. The van der Waals surface area contributed by atoms with Gasteiger partial charge in [-0.05, 0) is 48.4 Å². The van der Waals surface area contributed by atoms with Crippen molar-refractivity contribution >= 4 is 34.7 Å². The maximum atomic E-state index is 13.2. The van der Waals surface area contributed by atoms with Gasteiger partial charge in [0.15, 0.2) is 11.0 Å². The molecule has 3 aromatic rings. The van der Waals surface area contributed by atoms with Crippen molar-refractivity contribution in [1.29, 1.82) is 0 Å². The van der Waals surface area contributed by atoms with Crippen molar-refractivity contribution in [3.05, 3.63) is 50.4 Å². The largest absolute Gasteiger partial charge is 0.305 e. The van der Waals surface area contributed by atoms with Crippen LogP contribution in [0.1, 0.15) is 29.3 Å². The maximum Gasteiger partial charge on any atom is 0.191 e. The molecule has 2 heterocycles. The zero-order valence-electron chi connectivity index (χ0n) is 14.6. The molecule has 1 atom stereocenters. The Morgan fingerprint density at radius 1 is 1.38 bits per heavy atom. The van der Waals surface area contributed by atoms with E-state index in [4.69, 9.17) is 11.6 Å². The number of rotatable bonds is 4. The van der Waals surface area contributed by atoms with Gasteiger partial charge in [-0.3, -0.25) is 0 Å². The summed E-state index contributed by atoms with van der Waals surface area (Å²) in [4.78, 5) is 1.49. The first-order chi connectivity index (χ1) is 12.5. The van der Waals surface area contributed by atoms with Gasteiger partial charge in [0.05, 0.1) is 0 Å². The van der Waals surface area contributed by atoms with Gasteiger partial charge < -0.3 is 4.57 Å². The SMILES string of the molecule is CC1CCc2c(-c3nnc(SCc4ccc(F)cc4Cl)n3C)csc2C1. The average Bonchev–Trinajstić information content (AvgIpc) is 3.17. The lowest BCUT2D eigenvalue weighted by atomic mass is 9.88. The monoisotopic (exact) mass is 407 g/mol. The Bertz CT molecular complexity index is 950. The Balaban J connectivity index is 1.55. The van der Waals surface area contributed by atoms with E-state index in [-0.39, 0.29) is 5.82 Å². The van der Waals surface area contributed by atoms with Gasteiger partial charge in [-0.25, -0.2) is 4.39 Å². The van der Waals surface area contributed by atoms with Crippen molar-refractivity contribution in [1.82, 2.24) is 14.8 Å². The zero-order chi connectivity index (χ0) is 18.3. The van der Waals surface area contributed by atoms with Crippen molar-refractivity contribution in [3.8, 4) is 11.4 Å². The first-order valence-corrected chi connectivity index (χ1v) is 10.8. The van der Waals surface area contributed by atoms with Crippen molar-refractivity contribution in [2.75, 3.05) is 0 Å². The molecule has 1 aromatic carbocycles. The van der Waals surface area contributed by atoms with Crippen LogP contribution in [0.15, 0.2) is 28.7 Å². The third-order valence-corrected chi connectivity index (χ3v) is 7.32. The van der Waals surface area contributed by atoms with Crippen LogP contribution in [-0.2, 0) is 25.6 Å². The summed E-state index contributed by atoms with van der Waals surface area (Å²) >= 11 is 9.52. The predicted molar refractivity (Wildman–Crippen MR) is 106 cm³/mol. The minimum absolute atomic E-state index is 0.318. The van der Waals surface area contributed by atoms with Gasteiger partial charge in [0.1, 0.15) is 5.82 Å². The fraction of sp³-hybridized carbons (Fsp3) is 0.368. The standard InChI is InChI=1S/C19H19ClFN3S2/c1-11-3-6-14-15(10-25-17(14)7-11)18-22-23-19(24(18)2)26-9-12-4-5-13(21)8-16(12)20/h4-5,8,10-11H,3,6-7,9H2,1-2H3. The molecule has 4 rings (SSSR count). The summed E-state index contributed by atoms with van der Waals surface area (Å²) in [6, 6.07) is 4.50. The number of benzene rings is 1. The topological polar surface area (TPSA) is 30.7 Å². The second-order valence-electron chi connectivity index (χ2n) is 6.79. The maximum absolute atomic E-state index is 13.2. The van der Waals surface area contributed by atoms with E-state index in [2.05, 4.69) is 22.5 Å². The second kappa shape index (κ2) is 7.33. The van der Waals surface area contributed by atoms with E-state index in [1.807, 2.05) is 23.0 Å². The molecule has 0 N–H and O–H groups in total. The molecule has 3 nitrogen and oxygen atoms in total. The predicted octanol–water partition coefficient (Wildman–Crippen LogP) is 5.75. The Kier molecular flexibility index (Phi) is 5.08. The fourth-order valence-corrected chi connectivity index (χ4v) is 5.79. The number of nitrogens with zero attached hydrogens (tertiary/aromatic N) is 3. The van der Waals surface area contributed by atoms with Gasteiger partial charge in [0.2, 0.25) is 0 Å². The molecular formula is C19H19ClFN3S2. The van der Waals surface area contributed by atoms with Gasteiger partial charge >= 0.3 is 0 Å². The summed E-state index contributed by atoms with van der Waals surface area (Å²) in [5, 5.41) is 12.3. The van der Waals surface area contributed by atoms with Crippen LogP contribution in [0.5, 0.6) is 0 Å². The van der Waals surface area contributed by atoms with Gasteiger partial charge in [-0.1, -0.05) is 36.4 Å². The lowest BCUT2D eigenvalue weighted by Gasteiger charge is -2.18. The molecule has 0 aliphatic heterocycles. The number of hydrogen-bond acceptors (Lipinski definition) is 4. The summed E-state index contributed by atoms with van der Waals surface area (Å²) in [6.07, 6.45) is 3.53. The molecule has 2 aromatic heterocycles. The van der Waals surface area contributed by atoms with E-state index < -0.39 is 0 Å². The van der Waals surface area contributed by atoms with Crippen LogP contribution in [0.3, 0.4) is 0 Å². The van der Waals surface area contributed by atoms with E-state index in [1.165, 1.54) is 41.0 Å². The van der Waals surface area contributed by atoms with Crippen LogP contribution in [0.25, 0.3) is 11.4 Å². The molecule has 1 aliphatic rings. The zero-order valence-corrected chi connectivity index (χ0v) is 17.0. The first kappa shape index (κ1) is 18.0. The van der Waals surface area contributed by atoms with Crippen LogP contribution in [-0.4, -0.2) is 14.8 Å². The number of thiophene rings is 1. The highest BCUT2D eigenvalue weighted by Gasteiger charge is 2.23. The highest BCUT2D eigenvalue weighted by atomic mass is 35.5. The number of halogens is 2. The van der Waals surface area contributed by atoms with Gasteiger partial charge in [0, 0.05) is 33.6 Å². The highest BCUT2D eigenvalue weighted by molar-refractivity contribution is 7.98. The molecule has 26 heavy (non-hydrogen) atoms. The Morgan fingerprint density at radius 3 is 3.04 bits per heavy atom. The van der Waals surface area contributed by atoms with Gasteiger partial charge in [0.25, 0.3) is 0 Å². The normalized spacial score (nSPS) is 16.7. The summed E-state index contributed by atoms with van der Waals surface area (Å²) in [5.41, 5.74) is 3.56. The minimum Gasteiger partial charge on any atom is -0.305 e. The van der Waals surface area contributed by atoms with E-state index in [1.54, 1.807) is 17.8 Å². The molecule has 0 fully saturated rings. The van der Waals surface area contributed by atoms with Crippen LogP contribution in [0, 0.1) is 11.7 Å². The lowest BCUT2D eigenvalue weighted by Crippen LogP contribution is -2.09. The van der Waals surface area contributed by atoms with Crippen LogP contribution >= 0.6 is 34.7 Å². The third-order valence-electron chi connectivity index (χ3n) is 4.85. The number of thioether (sulfide) groups is 1. The molecular weight excluding hydrogens is 389 g/mol. The Hall–Kier alpha value is -1.37. The number of aromatic nitrogens is 3. The van der Waals surface area contributed by atoms with E-state index in [0.29, 0.717) is 10.8 Å². The van der Waals surface area contributed by atoms with Crippen molar-refractivity contribution < 1.29 is 4.39 Å². The molecule has 0 saturated heterocycles. The Morgan fingerprint density at radius 2 is 2.23 bits per heavy atom. The van der Waals surface area contributed by atoms with Crippen LogP contribution in [0.4, 0.5) is 4.39 Å². The molecule has 0 radical (unpaired) electrons. The molecule has 7 heteroatoms. The van der Waals surface area contributed by atoms with Crippen molar-refractivity contribution in [2.24, 2.45) is 13.0 Å². The molecule has 1 unspecified atom stereocenters. The molecule has 0 bridgehead atoms. The summed E-state index contributed by atoms with van der Waals surface area (Å²) in [5.74, 6) is 2.00. The quantitative estimate of drug-likeness (QED) is 0.515. The number of fused-ring (bicyclic) bond motifs is 1. The molecule has 0 spiro atoms. The molecule has 0 saturated carbocycles. The third kappa shape index (κ3) is 3.42. The van der Waals surface area contributed by atoms with Gasteiger partial charge in [-0.15, -0.1) is 21.5 Å². The lowest BCUT2D eigenvalue weighted by molar-refractivity contribution is 0.508. The Labute approximate surface area is 165 Å². The first-order valence-electron chi connectivity index (χ1n) is 8.58. The minimum atomic E-state index is -0.318. The molecule has 0 amide bonds. The average molecular weight is 408 g/mol. The van der Waals surface area contributed by atoms with E-state index in [9.17, 15) is 4.39 Å².